The molecule has 0 unspecified atom stereocenters. The second-order valence-corrected chi connectivity index (χ2v) is 9.91. The molecule has 0 aromatic rings. The van der Waals surface area contributed by atoms with E-state index in [9.17, 15) is 0 Å². The summed E-state index contributed by atoms with van der Waals surface area (Å²) >= 11 is 0. The van der Waals surface area contributed by atoms with Gasteiger partial charge in [0.2, 0.25) is 0 Å². The summed E-state index contributed by atoms with van der Waals surface area (Å²) in [6.07, 6.45) is 1.24. The summed E-state index contributed by atoms with van der Waals surface area (Å²) in [6, 6.07) is 0. The first-order valence-electron chi connectivity index (χ1n) is 4.56. The third-order valence-electron chi connectivity index (χ3n) is 2.69. The van der Waals surface area contributed by atoms with Gasteiger partial charge in [0, 0.05) is 0 Å². The minimum absolute atomic E-state index is 0.474. The predicted octanol–water partition coefficient (Wildman–Crippen LogP) is 2.99. The molecule has 0 radical (unpaired) electrons. The lowest BCUT2D eigenvalue weighted by Gasteiger charge is -2.37. The zero-order chi connectivity index (χ0) is 9.12. The van der Waals surface area contributed by atoms with E-state index in [1.165, 1.54) is 13.0 Å². The molecule has 11 heavy (non-hydrogen) atoms. The standard InChI is InChI=1S/C9H23NSi/c1-7-8-10-11(5,6)9(2,3)4/h10H,7-8H2,1-6H3. The maximum atomic E-state index is 3.69. The quantitative estimate of drug-likeness (QED) is 0.647. The maximum absolute atomic E-state index is 3.69. The van der Waals surface area contributed by atoms with Crippen molar-refractivity contribution >= 4 is 8.24 Å². The van der Waals surface area contributed by atoms with E-state index in [1.54, 1.807) is 0 Å². The Morgan fingerprint density at radius 1 is 1.18 bits per heavy atom. The van der Waals surface area contributed by atoms with Crippen LogP contribution in [0.15, 0.2) is 0 Å². The first-order chi connectivity index (χ1) is 4.81. The summed E-state index contributed by atoms with van der Waals surface area (Å²) in [5.74, 6) is 0. The fourth-order valence-corrected chi connectivity index (χ4v) is 2.11. The Morgan fingerprint density at radius 2 is 1.64 bits per heavy atom. The SMILES string of the molecule is CCCN[Si](C)(C)C(C)(C)C. The van der Waals surface area contributed by atoms with Gasteiger partial charge >= 0.3 is 0 Å². The largest absolute Gasteiger partial charge is 0.337 e. The molecule has 0 atom stereocenters. The number of hydrogen-bond donors (Lipinski definition) is 1. The highest BCUT2D eigenvalue weighted by Gasteiger charge is 2.34. The first kappa shape index (κ1) is 11.2. The highest BCUT2D eigenvalue weighted by molar-refractivity contribution is 6.77. The van der Waals surface area contributed by atoms with E-state index in [0.29, 0.717) is 5.04 Å². The first-order valence-corrected chi connectivity index (χ1v) is 7.56. The van der Waals surface area contributed by atoms with Crippen molar-refractivity contribution in [3.63, 3.8) is 0 Å². The smallest absolute Gasteiger partial charge is 0.124 e. The summed E-state index contributed by atoms with van der Waals surface area (Å²) < 4.78 is 0. The molecule has 1 N–H and O–H groups in total. The molecule has 0 saturated carbocycles. The number of nitrogens with one attached hydrogen (secondary N) is 1. The molecule has 0 heterocycles. The summed E-state index contributed by atoms with van der Waals surface area (Å²) in [4.78, 5) is 3.69. The normalized spacial score (nSPS) is 13.6. The van der Waals surface area contributed by atoms with Gasteiger partial charge in [-0.05, 0) is 18.0 Å². The van der Waals surface area contributed by atoms with Crippen molar-refractivity contribution in [3.05, 3.63) is 0 Å². The zero-order valence-corrected chi connectivity index (χ0v) is 9.91. The van der Waals surface area contributed by atoms with Crippen LogP contribution in [0, 0.1) is 0 Å². The van der Waals surface area contributed by atoms with E-state index in [1.807, 2.05) is 0 Å². The average molecular weight is 173 g/mol. The Labute approximate surface area is 72.7 Å². The summed E-state index contributed by atoms with van der Waals surface area (Å²) in [5, 5.41) is 0.474. The van der Waals surface area contributed by atoms with E-state index in [2.05, 4.69) is 45.8 Å². The third kappa shape index (κ3) is 3.39. The van der Waals surface area contributed by atoms with Gasteiger partial charge in [-0.15, -0.1) is 0 Å². The molecule has 1 nitrogen and oxygen atoms in total. The summed E-state index contributed by atoms with van der Waals surface area (Å²) in [7, 11) is -1.18. The minimum Gasteiger partial charge on any atom is -0.337 e. The van der Waals surface area contributed by atoms with E-state index in [-0.39, 0.29) is 0 Å². The minimum atomic E-state index is -1.18. The van der Waals surface area contributed by atoms with E-state index in [4.69, 9.17) is 0 Å². The fourth-order valence-electron chi connectivity index (χ4n) is 0.703. The molecule has 0 bridgehead atoms. The molecule has 0 aromatic heterocycles. The van der Waals surface area contributed by atoms with Gasteiger partial charge in [-0.3, -0.25) is 0 Å². The average Bonchev–Trinajstić information content (AvgIpc) is 1.81. The van der Waals surface area contributed by atoms with Gasteiger partial charge in [0.15, 0.2) is 0 Å². The van der Waals surface area contributed by atoms with Crippen molar-refractivity contribution < 1.29 is 0 Å². The van der Waals surface area contributed by atoms with Crippen LogP contribution in [0.4, 0.5) is 0 Å². The second kappa shape index (κ2) is 3.72. The molecule has 0 spiro atoms. The van der Waals surface area contributed by atoms with E-state index < -0.39 is 8.24 Å². The lowest BCUT2D eigenvalue weighted by Crippen LogP contribution is -2.52. The molecule has 0 fully saturated rings. The van der Waals surface area contributed by atoms with Crippen molar-refractivity contribution in [1.29, 1.82) is 0 Å². The van der Waals surface area contributed by atoms with Crippen LogP contribution >= 0.6 is 0 Å². The zero-order valence-electron chi connectivity index (χ0n) is 8.91. The second-order valence-electron chi connectivity index (χ2n) is 4.80. The van der Waals surface area contributed by atoms with Crippen LogP contribution in [-0.2, 0) is 0 Å². The molecule has 0 aliphatic rings. The molecule has 0 rings (SSSR count). The van der Waals surface area contributed by atoms with Gasteiger partial charge in [-0.2, -0.15) is 0 Å². The summed E-state index contributed by atoms with van der Waals surface area (Å²) in [6.45, 7) is 15.2. The Morgan fingerprint density at radius 3 is 1.91 bits per heavy atom. The van der Waals surface area contributed by atoms with Crippen LogP contribution in [0.25, 0.3) is 0 Å². The van der Waals surface area contributed by atoms with Crippen LogP contribution in [0.3, 0.4) is 0 Å². The molecule has 68 valence electrons. The van der Waals surface area contributed by atoms with Gasteiger partial charge in [0.05, 0.1) is 0 Å². The van der Waals surface area contributed by atoms with Crippen LogP contribution < -0.4 is 4.98 Å². The predicted molar refractivity (Wildman–Crippen MR) is 55.5 cm³/mol. The Balaban J connectivity index is 4.00. The third-order valence-corrected chi connectivity index (χ3v) is 7.58. The molecular weight excluding hydrogens is 150 g/mol. The number of rotatable bonds is 3. The van der Waals surface area contributed by atoms with Crippen molar-refractivity contribution in [2.45, 2.75) is 52.2 Å². The Bertz CT molecular complexity index is 113. The van der Waals surface area contributed by atoms with Gasteiger partial charge in [0.25, 0.3) is 0 Å². The molecule has 0 amide bonds. The maximum Gasteiger partial charge on any atom is 0.124 e. The van der Waals surface area contributed by atoms with E-state index in [0.717, 1.165) is 0 Å². The molecule has 0 aromatic carbocycles. The molecule has 0 saturated heterocycles. The van der Waals surface area contributed by atoms with Gasteiger partial charge in [-0.25, -0.2) is 0 Å². The van der Waals surface area contributed by atoms with Crippen LogP contribution in [0.2, 0.25) is 18.1 Å². The van der Waals surface area contributed by atoms with E-state index >= 15 is 0 Å². The van der Waals surface area contributed by atoms with Gasteiger partial charge in [0.1, 0.15) is 8.24 Å². The van der Waals surface area contributed by atoms with Crippen molar-refractivity contribution in [2.24, 2.45) is 0 Å². The Kier molecular flexibility index (Phi) is 3.78. The van der Waals surface area contributed by atoms with Crippen molar-refractivity contribution in [2.75, 3.05) is 6.54 Å². The highest BCUT2D eigenvalue weighted by Crippen LogP contribution is 2.33. The topological polar surface area (TPSA) is 12.0 Å². The Hall–Kier alpha value is 0.177. The van der Waals surface area contributed by atoms with Crippen LogP contribution in [0.1, 0.15) is 34.1 Å². The molecular formula is C9H23NSi. The lowest BCUT2D eigenvalue weighted by molar-refractivity contribution is 0.679. The highest BCUT2D eigenvalue weighted by atomic mass is 28.3. The fraction of sp³-hybridized carbons (Fsp3) is 1.00. The molecule has 0 aliphatic heterocycles. The molecule has 0 aliphatic carbocycles. The molecule has 2 heteroatoms. The van der Waals surface area contributed by atoms with Gasteiger partial charge < -0.3 is 4.98 Å². The van der Waals surface area contributed by atoms with Crippen LogP contribution in [0.5, 0.6) is 0 Å². The van der Waals surface area contributed by atoms with Crippen molar-refractivity contribution in [1.82, 2.24) is 4.98 Å². The van der Waals surface area contributed by atoms with Gasteiger partial charge in [-0.1, -0.05) is 40.8 Å². The number of hydrogen-bond acceptors (Lipinski definition) is 1. The summed E-state index contributed by atoms with van der Waals surface area (Å²) in [5.41, 5.74) is 0. The van der Waals surface area contributed by atoms with Crippen molar-refractivity contribution in [3.8, 4) is 0 Å². The monoisotopic (exact) mass is 173 g/mol. The van der Waals surface area contributed by atoms with Crippen LogP contribution in [-0.4, -0.2) is 14.8 Å². The lowest BCUT2D eigenvalue weighted by atomic mass is 10.2.